The second kappa shape index (κ2) is 9.10. The summed E-state index contributed by atoms with van der Waals surface area (Å²) in [5, 5.41) is 0. The summed E-state index contributed by atoms with van der Waals surface area (Å²) < 4.78 is 22.8. The fraction of sp³-hybridized carbons (Fsp3) is 0.600. The molecule has 0 amide bonds. The molecular formula is C15H26N2O2S. The molecule has 0 radical (unpaired) electrons. The molecule has 3 N–H and O–H groups in total. The first kappa shape index (κ1) is 17.1. The molecule has 0 bridgehead atoms. The largest absolute Gasteiger partial charge is 0.271 e. The molecule has 20 heavy (non-hydrogen) atoms. The van der Waals surface area contributed by atoms with Crippen molar-refractivity contribution in [3.8, 4) is 0 Å². The third kappa shape index (κ3) is 7.03. The lowest BCUT2D eigenvalue weighted by atomic mass is 10.0. The molecule has 0 spiro atoms. The molecule has 0 heterocycles. The predicted molar refractivity (Wildman–Crippen MR) is 84.1 cm³/mol. The smallest absolute Gasteiger partial charge is 0.150 e. The molecule has 0 aliphatic carbocycles. The second-order valence-electron chi connectivity index (χ2n) is 5.12. The number of sulfone groups is 1. The lowest BCUT2D eigenvalue weighted by Gasteiger charge is -2.15. The van der Waals surface area contributed by atoms with E-state index in [2.05, 4.69) is 17.6 Å². The molecule has 1 unspecified atom stereocenters. The van der Waals surface area contributed by atoms with Crippen LogP contribution < -0.4 is 11.3 Å². The summed E-state index contributed by atoms with van der Waals surface area (Å²) >= 11 is 0. The van der Waals surface area contributed by atoms with Crippen molar-refractivity contribution in [3.05, 3.63) is 35.9 Å². The molecule has 1 rings (SSSR count). The van der Waals surface area contributed by atoms with Gasteiger partial charge in [-0.2, -0.15) is 0 Å². The lowest BCUT2D eigenvalue weighted by Crippen LogP contribution is -2.35. The first-order valence-corrected chi connectivity index (χ1v) is 9.10. The molecule has 0 saturated carbocycles. The van der Waals surface area contributed by atoms with Crippen LogP contribution >= 0.6 is 0 Å². The molecule has 0 aromatic heterocycles. The Kier molecular flexibility index (Phi) is 7.80. The van der Waals surface area contributed by atoms with Crippen molar-refractivity contribution in [1.82, 2.24) is 5.43 Å². The normalized spacial score (nSPS) is 13.3. The van der Waals surface area contributed by atoms with Crippen molar-refractivity contribution in [2.75, 3.05) is 11.5 Å². The Morgan fingerprint density at radius 2 is 1.80 bits per heavy atom. The van der Waals surface area contributed by atoms with E-state index in [1.54, 1.807) is 6.92 Å². The monoisotopic (exact) mass is 298 g/mol. The van der Waals surface area contributed by atoms with Crippen molar-refractivity contribution in [2.45, 2.75) is 45.1 Å². The maximum Gasteiger partial charge on any atom is 0.150 e. The Hall–Kier alpha value is -0.910. The van der Waals surface area contributed by atoms with Gasteiger partial charge in [-0.1, -0.05) is 37.3 Å². The highest BCUT2D eigenvalue weighted by Gasteiger charge is 2.11. The molecule has 114 valence electrons. The summed E-state index contributed by atoms with van der Waals surface area (Å²) in [5.74, 6) is 6.02. The Bertz CT molecular complexity index is 460. The Labute approximate surface area is 122 Å². The van der Waals surface area contributed by atoms with Crippen molar-refractivity contribution in [1.29, 1.82) is 0 Å². The van der Waals surface area contributed by atoms with Crippen LogP contribution in [0.3, 0.4) is 0 Å². The standard InChI is InChI=1S/C15H26N2O2S/c1-2-20(18,19)13-7-12-15(17-16)11-6-10-14-8-4-3-5-9-14/h3-5,8-9,15,17H,2,6-7,10-13,16H2,1H3. The van der Waals surface area contributed by atoms with Gasteiger partial charge in [0.1, 0.15) is 9.84 Å². The minimum atomic E-state index is -2.86. The molecule has 5 heteroatoms. The molecule has 0 aliphatic rings. The molecule has 0 aliphatic heterocycles. The van der Waals surface area contributed by atoms with Gasteiger partial charge in [0.05, 0.1) is 5.75 Å². The SMILES string of the molecule is CCS(=O)(=O)CCCC(CCCc1ccccc1)NN. The zero-order chi connectivity index (χ0) is 14.8. The average Bonchev–Trinajstić information content (AvgIpc) is 2.46. The van der Waals surface area contributed by atoms with E-state index in [-0.39, 0.29) is 17.5 Å². The summed E-state index contributed by atoms with van der Waals surface area (Å²) in [5.41, 5.74) is 4.13. The van der Waals surface area contributed by atoms with E-state index in [4.69, 9.17) is 5.84 Å². The highest BCUT2D eigenvalue weighted by molar-refractivity contribution is 7.91. The first-order valence-electron chi connectivity index (χ1n) is 7.28. The summed E-state index contributed by atoms with van der Waals surface area (Å²) in [7, 11) is -2.86. The maximum absolute atomic E-state index is 11.4. The highest BCUT2D eigenvalue weighted by Crippen LogP contribution is 2.10. The Morgan fingerprint density at radius 3 is 2.40 bits per heavy atom. The Balaban J connectivity index is 2.23. The Morgan fingerprint density at radius 1 is 1.15 bits per heavy atom. The molecule has 0 fully saturated rings. The van der Waals surface area contributed by atoms with Crippen LogP contribution in [0.25, 0.3) is 0 Å². The van der Waals surface area contributed by atoms with Crippen molar-refractivity contribution < 1.29 is 8.42 Å². The van der Waals surface area contributed by atoms with Gasteiger partial charge in [-0.3, -0.25) is 11.3 Å². The first-order chi connectivity index (χ1) is 9.57. The van der Waals surface area contributed by atoms with E-state index < -0.39 is 9.84 Å². The maximum atomic E-state index is 11.4. The van der Waals surface area contributed by atoms with Gasteiger partial charge < -0.3 is 0 Å². The number of aryl methyl sites for hydroxylation is 1. The lowest BCUT2D eigenvalue weighted by molar-refractivity contribution is 0.446. The molecule has 1 atom stereocenters. The number of benzene rings is 1. The molecule has 1 aromatic carbocycles. The van der Waals surface area contributed by atoms with Crippen LogP contribution in [-0.2, 0) is 16.3 Å². The zero-order valence-corrected chi connectivity index (χ0v) is 13.0. The fourth-order valence-electron chi connectivity index (χ4n) is 2.20. The van der Waals surface area contributed by atoms with Gasteiger partial charge in [-0.15, -0.1) is 0 Å². The number of hydrazine groups is 1. The van der Waals surface area contributed by atoms with E-state index >= 15 is 0 Å². The summed E-state index contributed by atoms with van der Waals surface area (Å²) in [6, 6.07) is 10.6. The van der Waals surface area contributed by atoms with Crippen LogP contribution in [0.5, 0.6) is 0 Å². The third-order valence-corrected chi connectivity index (χ3v) is 5.33. The summed E-state index contributed by atoms with van der Waals surface area (Å²) in [6.45, 7) is 1.69. The quantitative estimate of drug-likeness (QED) is 0.512. The zero-order valence-electron chi connectivity index (χ0n) is 12.2. The van der Waals surface area contributed by atoms with E-state index in [1.807, 2.05) is 18.2 Å². The number of rotatable bonds is 10. The molecule has 4 nitrogen and oxygen atoms in total. The average molecular weight is 298 g/mol. The topological polar surface area (TPSA) is 72.2 Å². The predicted octanol–water partition coefficient (Wildman–Crippen LogP) is 2.06. The van der Waals surface area contributed by atoms with Gasteiger partial charge in [0.15, 0.2) is 0 Å². The number of nitrogens with two attached hydrogens (primary N) is 1. The minimum Gasteiger partial charge on any atom is -0.271 e. The van der Waals surface area contributed by atoms with E-state index in [1.165, 1.54) is 5.56 Å². The van der Waals surface area contributed by atoms with E-state index in [0.29, 0.717) is 6.42 Å². The van der Waals surface area contributed by atoms with Gasteiger partial charge in [0.2, 0.25) is 0 Å². The van der Waals surface area contributed by atoms with Gasteiger partial charge in [0.25, 0.3) is 0 Å². The van der Waals surface area contributed by atoms with Gasteiger partial charge >= 0.3 is 0 Å². The van der Waals surface area contributed by atoms with Crippen LogP contribution in [0.2, 0.25) is 0 Å². The van der Waals surface area contributed by atoms with E-state index in [9.17, 15) is 8.42 Å². The van der Waals surface area contributed by atoms with Crippen LogP contribution in [0, 0.1) is 0 Å². The number of hydrogen-bond acceptors (Lipinski definition) is 4. The number of hydrogen-bond donors (Lipinski definition) is 2. The minimum absolute atomic E-state index is 0.200. The van der Waals surface area contributed by atoms with E-state index in [0.717, 1.165) is 25.7 Å². The third-order valence-electron chi connectivity index (χ3n) is 3.54. The van der Waals surface area contributed by atoms with Crippen LogP contribution in [0.15, 0.2) is 30.3 Å². The van der Waals surface area contributed by atoms with Gasteiger partial charge in [0, 0.05) is 11.8 Å². The van der Waals surface area contributed by atoms with Crippen LogP contribution in [0.4, 0.5) is 0 Å². The van der Waals surface area contributed by atoms with Gasteiger partial charge in [-0.05, 0) is 37.7 Å². The van der Waals surface area contributed by atoms with Crippen molar-refractivity contribution >= 4 is 9.84 Å². The highest BCUT2D eigenvalue weighted by atomic mass is 32.2. The molecule has 1 aromatic rings. The van der Waals surface area contributed by atoms with Crippen molar-refractivity contribution in [2.24, 2.45) is 5.84 Å². The summed E-state index contributed by atoms with van der Waals surface area (Å²) in [4.78, 5) is 0. The van der Waals surface area contributed by atoms with Crippen molar-refractivity contribution in [3.63, 3.8) is 0 Å². The molecule has 0 saturated heterocycles. The van der Waals surface area contributed by atoms with Gasteiger partial charge in [-0.25, -0.2) is 8.42 Å². The van der Waals surface area contributed by atoms with Crippen LogP contribution in [-0.4, -0.2) is 26.0 Å². The van der Waals surface area contributed by atoms with Crippen LogP contribution in [0.1, 0.15) is 38.2 Å². The fourth-order valence-corrected chi connectivity index (χ4v) is 3.10. The second-order valence-corrected chi connectivity index (χ2v) is 7.59. The summed E-state index contributed by atoms with van der Waals surface area (Å²) in [6.07, 6.45) is 4.55. The molecular weight excluding hydrogens is 272 g/mol. The number of nitrogens with one attached hydrogen (secondary N) is 1.